The van der Waals surface area contributed by atoms with Crippen molar-refractivity contribution in [3.63, 3.8) is 0 Å². The maximum atomic E-state index is 6.77. The van der Waals surface area contributed by atoms with Crippen LogP contribution in [0.15, 0.2) is 85.3 Å². The summed E-state index contributed by atoms with van der Waals surface area (Å²) < 4.78 is 19.0. The van der Waals surface area contributed by atoms with E-state index in [1.54, 1.807) is 12.5 Å². The molecule has 0 spiro atoms. The van der Waals surface area contributed by atoms with Gasteiger partial charge in [-0.3, -0.25) is 4.74 Å². The van der Waals surface area contributed by atoms with Crippen LogP contribution in [0.5, 0.6) is 0 Å². The molecule has 0 aliphatic carbocycles. The largest absolute Gasteiger partial charge is 0.470 e. The summed E-state index contributed by atoms with van der Waals surface area (Å²) in [4.78, 5) is 0. The molecule has 0 N–H and O–H groups in total. The Kier molecular flexibility index (Phi) is 5.30. The normalized spacial score (nSPS) is 27.0. The zero-order chi connectivity index (χ0) is 18.4. The fourth-order valence-electron chi connectivity index (χ4n) is 3.84. The number of allylic oxidation sites excluding steroid dienone is 2. The lowest BCUT2D eigenvalue weighted by Gasteiger charge is -2.44. The van der Waals surface area contributed by atoms with E-state index >= 15 is 0 Å². The summed E-state index contributed by atoms with van der Waals surface area (Å²) in [5.41, 5.74) is 2.41. The van der Waals surface area contributed by atoms with Gasteiger partial charge in [0.25, 0.3) is 0 Å². The first-order valence-electron chi connectivity index (χ1n) is 9.71. The Morgan fingerprint density at radius 1 is 0.667 bits per heavy atom. The molecular formula is C24H26O3. The van der Waals surface area contributed by atoms with Crippen LogP contribution in [0.3, 0.4) is 0 Å². The van der Waals surface area contributed by atoms with Gasteiger partial charge in [-0.25, -0.2) is 0 Å². The van der Waals surface area contributed by atoms with E-state index in [1.807, 2.05) is 12.1 Å². The Balaban J connectivity index is 1.62. The van der Waals surface area contributed by atoms with Crippen molar-refractivity contribution in [2.24, 2.45) is 0 Å². The van der Waals surface area contributed by atoms with E-state index in [-0.39, 0.29) is 0 Å². The summed E-state index contributed by atoms with van der Waals surface area (Å²) in [6, 6.07) is 20.8. The first-order valence-corrected chi connectivity index (χ1v) is 9.71. The van der Waals surface area contributed by atoms with Crippen molar-refractivity contribution in [2.75, 3.05) is 0 Å². The highest BCUT2D eigenvalue weighted by Crippen LogP contribution is 2.39. The minimum atomic E-state index is -0.712. The number of rotatable bonds is 6. The van der Waals surface area contributed by atoms with Crippen molar-refractivity contribution in [3.05, 3.63) is 96.5 Å². The van der Waals surface area contributed by atoms with E-state index in [2.05, 4.69) is 60.7 Å². The Hall–Kier alpha value is -2.52. The zero-order valence-corrected chi connectivity index (χ0v) is 15.6. The SMILES string of the molecule is C1=COC(Cc2ccccc2)(OC2(Cc3ccccc3)CCC=CO2)CC1. The molecule has 2 unspecified atom stereocenters. The van der Waals surface area contributed by atoms with E-state index in [4.69, 9.17) is 14.2 Å². The molecule has 0 bridgehead atoms. The minimum absolute atomic E-state index is 0.696. The van der Waals surface area contributed by atoms with E-state index in [1.165, 1.54) is 11.1 Å². The molecule has 140 valence electrons. The Bertz CT molecular complexity index is 716. The maximum absolute atomic E-state index is 6.77. The molecule has 0 amide bonds. The fourth-order valence-corrected chi connectivity index (χ4v) is 3.84. The molecule has 2 aromatic rings. The summed E-state index contributed by atoms with van der Waals surface area (Å²) >= 11 is 0. The lowest BCUT2D eigenvalue weighted by atomic mass is 9.95. The molecular weight excluding hydrogens is 336 g/mol. The molecule has 2 atom stereocenters. The van der Waals surface area contributed by atoms with E-state index in [0.717, 1.165) is 25.7 Å². The second-order valence-electron chi connectivity index (χ2n) is 7.30. The van der Waals surface area contributed by atoms with Crippen LogP contribution in [-0.4, -0.2) is 11.6 Å². The van der Waals surface area contributed by atoms with Crippen molar-refractivity contribution in [3.8, 4) is 0 Å². The third-order valence-electron chi connectivity index (χ3n) is 5.15. The van der Waals surface area contributed by atoms with Gasteiger partial charge < -0.3 is 9.47 Å². The standard InChI is InChI=1S/C24H26O3/c1-3-11-21(12-4-1)19-23(15-7-9-17-25-23)27-24(16-8-10-18-26-24)20-22-13-5-2-6-14-22/h1-6,9-14,17-18H,7-8,15-16,19-20H2. The predicted octanol–water partition coefficient (Wildman–Crippen LogP) is 5.53. The van der Waals surface area contributed by atoms with Crippen LogP contribution in [0.25, 0.3) is 0 Å². The van der Waals surface area contributed by atoms with Crippen LogP contribution in [0, 0.1) is 0 Å². The van der Waals surface area contributed by atoms with Crippen LogP contribution in [0.1, 0.15) is 36.8 Å². The Morgan fingerprint density at radius 2 is 1.11 bits per heavy atom. The number of hydrogen-bond donors (Lipinski definition) is 0. The molecule has 2 aliphatic heterocycles. The molecule has 2 aromatic carbocycles. The molecule has 2 heterocycles. The van der Waals surface area contributed by atoms with Gasteiger partial charge in [0.05, 0.1) is 12.5 Å². The third kappa shape index (κ3) is 4.42. The summed E-state index contributed by atoms with van der Waals surface area (Å²) in [6.07, 6.45) is 12.5. The first kappa shape index (κ1) is 17.9. The molecule has 4 rings (SSSR count). The average molecular weight is 362 g/mol. The third-order valence-corrected chi connectivity index (χ3v) is 5.15. The highest BCUT2D eigenvalue weighted by molar-refractivity contribution is 5.19. The Morgan fingerprint density at radius 3 is 1.48 bits per heavy atom. The molecule has 3 heteroatoms. The smallest absolute Gasteiger partial charge is 0.217 e. The molecule has 0 aromatic heterocycles. The van der Waals surface area contributed by atoms with Crippen LogP contribution in [0.2, 0.25) is 0 Å². The van der Waals surface area contributed by atoms with Crippen LogP contribution in [-0.2, 0) is 27.1 Å². The minimum Gasteiger partial charge on any atom is -0.470 e. The molecule has 2 aliphatic rings. The quantitative estimate of drug-likeness (QED) is 0.676. The maximum Gasteiger partial charge on any atom is 0.217 e. The van der Waals surface area contributed by atoms with Gasteiger partial charge in [0.15, 0.2) is 0 Å². The monoisotopic (exact) mass is 362 g/mol. The highest BCUT2D eigenvalue weighted by atomic mass is 16.8. The average Bonchev–Trinajstić information content (AvgIpc) is 2.70. The van der Waals surface area contributed by atoms with Crippen LogP contribution >= 0.6 is 0 Å². The van der Waals surface area contributed by atoms with Gasteiger partial charge in [0.1, 0.15) is 0 Å². The van der Waals surface area contributed by atoms with Crippen LogP contribution in [0.4, 0.5) is 0 Å². The first-order chi connectivity index (χ1) is 13.3. The van der Waals surface area contributed by atoms with Gasteiger partial charge in [-0.2, -0.15) is 0 Å². The van der Waals surface area contributed by atoms with Crippen molar-refractivity contribution in [1.82, 2.24) is 0 Å². The van der Waals surface area contributed by atoms with Crippen molar-refractivity contribution in [1.29, 1.82) is 0 Å². The number of benzene rings is 2. The van der Waals surface area contributed by atoms with E-state index < -0.39 is 11.6 Å². The fraction of sp³-hybridized carbons (Fsp3) is 0.333. The summed E-state index contributed by atoms with van der Waals surface area (Å²) in [6.45, 7) is 0. The van der Waals surface area contributed by atoms with Gasteiger partial charge in [-0.15, -0.1) is 0 Å². The number of hydrogen-bond acceptors (Lipinski definition) is 3. The molecule has 0 fully saturated rings. The predicted molar refractivity (Wildman–Crippen MR) is 106 cm³/mol. The topological polar surface area (TPSA) is 27.7 Å². The summed E-state index contributed by atoms with van der Waals surface area (Å²) in [5.74, 6) is -1.42. The van der Waals surface area contributed by atoms with Crippen molar-refractivity contribution >= 4 is 0 Å². The second-order valence-corrected chi connectivity index (χ2v) is 7.30. The second kappa shape index (κ2) is 8.01. The lowest BCUT2D eigenvalue weighted by Crippen LogP contribution is -2.50. The molecule has 3 nitrogen and oxygen atoms in total. The van der Waals surface area contributed by atoms with Crippen molar-refractivity contribution in [2.45, 2.75) is 50.1 Å². The zero-order valence-electron chi connectivity index (χ0n) is 15.6. The molecule has 27 heavy (non-hydrogen) atoms. The van der Waals surface area contributed by atoms with Gasteiger partial charge >= 0.3 is 0 Å². The molecule has 0 saturated heterocycles. The van der Waals surface area contributed by atoms with Gasteiger partial charge in [0.2, 0.25) is 11.6 Å². The summed E-state index contributed by atoms with van der Waals surface area (Å²) in [5, 5.41) is 0. The highest BCUT2D eigenvalue weighted by Gasteiger charge is 2.45. The van der Waals surface area contributed by atoms with Gasteiger partial charge in [-0.05, 0) is 36.1 Å². The van der Waals surface area contributed by atoms with Gasteiger partial charge in [0, 0.05) is 25.7 Å². The van der Waals surface area contributed by atoms with Gasteiger partial charge in [-0.1, -0.05) is 60.7 Å². The molecule has 0 radical (unpaired) electrons. The lowest BCUT2D eigenvalue weighted by molar-refractivity contribution is -0.342. The van der Waals surface area contributed by atoms with E-state index in [0.29, 0.717) is 12.8 Å². The number of ether oxygens (including phenoxy) is 3. The summed E-state index contributed by atoms with van der Waals surface area (Å²) in [7, 11) is 0. The molecule has 0 saturated carbocycles. The Labute approximate surface area is 161 Å². The van der Waals surface area contributed by atoms with Crippen molar-refractivity contribution < 1.29 is 14.2 Å². The van der Waals surface area contributed by atoms with Crippen LogP contribution < -0.4 is 0 Å². The van der Waals surface area contributed by atoms with E-state index in [9.17, 15) is 0 Å².